The maximum absolute atomic E-state index is 14.3. The lowest BCUT2D eigenvalue weighted by Gasteiger charge is -2.41. The van der Waals surface area contributed by atoms with E-state index in [2.05, 4.69) is 30.0 Å². The Morgan fingerprint density at radius 2 is 1.98 bits per heavy atom. The summed E-state index contributed by atoms with van der Waals surface area (Å²) in [4.78, 5) is 28.6. The van der Waals surface area contributed by atoms with Crippen molar-refractivity contribution in [3.8, 4) is 17.4 Å². The van der Waals surface area contributed by atoms with E-state index in [1.807, 2.05) is 33.0 Å². The Bertz CT molecular complexity index is 1450. The van der Waals surface area contributed by atoms with Gasteiger partial charge in [-0.05, 0) is 45.0 Å². The van der Waals surface area contributed by atoms with E-state index in [-0.39, 0.29) is 41.3 Å². The third-order valence-electron chi connectivity index (χ3n) is 8.45. The quantitative estimate of drug-likeness (QED) is 0.381. The van der Waals surface area contributed by atoms with Gasteiger partial charge < -0.3 is 24.0 Å². The highest BCUT2D eigenvalue weighted by molar-refractivity contribution is 5.97. The van der Waals surface area contributed by atoms with Crippen molar-refractivity contribution in [2.45, 2.75) is 58.2 Å². The average molecular weight is 592 g/mol. The molecule has 0 N–H and O–H groups in total. The highest BCUT2D eigenvalue weighted by Crippen LogP contribution is 2.38. The number of halogens is 1. The maximum Gasteiger partial charge on any atom is 0.282 e. The molecule has 2 aromatic heterocycles. The van der Waals surface area contributed by atoms with Crippen molar-refractivity contribution in [3.05, 3.63) is 59.4 Å². The van der Waals surface area contributed by atoms with Crippen LogP contribution in [0.1, 0.15) is 61.3 Å². The lowest BCUT2D eigenvalue weighted by atomic mass is 9.95. The number of morpholine rings is 1. The van der Waals surface area contributed by atoms with Gasteiger partial charge in [-0.1, -0.05) is 0 Å². The second-order valence-electron chi connectivity index (χ2n) is 11.4. The van der Waals surface area contributed by atoms with E-state index in [4.69, 9.17) is 14.2 Å². The summed E-state index contributed by atoms with van der Waals surface area (Å²) in [7, 11) is 0. The number of carbonyl (C=O) groups excluding carboxylic acids is 1. The smallest absolute Gasteiger partial charge is 0.282 e. The number of piperidine rings is 1. The van der Waals surface area contributed by atoms with Gasteiger partial charge in [0.2, 0.25) is 0 Å². The molecule has 228 valence electrons. The van der Waals surface area contributed by atoms with Crippen molar-refractivity contribution < 1.29 is 23.4 Å². The van der Waals surface area contributed by atoms with Gasteiger partial charge in [0.05, 0.1) is 30.5 Å². The van der Waals surface area contributed by atoms with Crippen molar-refractivity contribution >= 4 is 11.7 Å². The van der Waals surface area contributed by atoms with E-state index >= 15 is 0 Å². The highest BCUT2D eigenvalue weighted by atomic mass is 19.1. The Kier molecular flexibility index (Phi) is 8.66. The predicted octanol–water partition coefficient (Wildman–Crippen LogP) is 4.05. The molecule has 1 atom stereocenters. The Labute approximate surface area is 251 Å². The summed E-state index contributed by atoms with van der Waals surface area (Å²) in [6.45, 7) is 10.9. The highest BCUT2D eigenvalue weighted by Gasteiger charge is 2.35. The molecule has 0 aliphatic carbocycles. The molecule has 5 heterocycles. The van der Waals surface area contributed by atoms with Crippen LogP contribution in [-0.2, 0) is 11.2 Å². The molecule has 12 heteroatoms. The minimum atomic E-state index is -0.519. The maximum atomic E-state index is 14.3. The molecule has 1 unspecified atom stereocenters. The van der Waals surface area contributed by atoms with E-state index < -0.39 is 5.82 Å². The second-order valence-corrected chi connectivity index (χ2v) is 11.4. The fourth-order valence-corrected chi connectivity index (χ4v) is 6.24. The molecular formula is C31H38FN7O4. The van der Waals surface area contributed by atoms with Crippen molar-refractivity contribution in [1.82, 2.24) is 30.0 Å². The molecular weight excluding hydrogens is 553 g/mol. The first-order valence-corrected chi connectivity index (χ1v) is 15.1. The molecule has 1 amide bonds. The summed E-state index contributed by atoms with van der Waals surface area (Å²) in [5.41, 5.74) is 2.39. The number of rotatable bonds is 8. The van der Waals surface area contributed by atoms with Crippen molar-refractivity contribution in [3.63, 3.8) is 0 Å². The number of ether oxygens (including phenoxy) is 3. The standard InChI is InChI=1S/C31H38FN7O4/c1-4-39(20(2)3)31(40)23-17-21(32)5-6-26(23)43-30-29(34-19-35-36-30)38-12-8-22(9-13-38)42-27-7-11-33-24-10-14-37-15-16-41-18-25(37)28(24)27/h5-7,11,17,19-20,22,25H,4,8-10,12-16,18H2,1-3H3. The van der Waals surface area contributed by atoms with Gasteiger partial charge in [0, 0.05) is 69.8 Å². The number of aromatic nitrogens is 4. The van der Waals surface area contributed by atoms with Crippen molar-refractivity contribution in [2.24, 2.45) is 0 Å². The minimum Gasteiger partial charge on any atom is -0.490 e. The number of carbonyl (C=O) groups is 1. The molecule has 43 heavy (non-hydrogen) atoms. The number of benzene rings is 1. The molecule has 0 bridgehead atoms. The van der Waals surface area contributed by atoms with Gasteiger partial charge in [0.25, 0.3) is 11.8 Å². The van der Waals surface area contributed by atoms with E-state index in [0.717, 1.165) is 56.0 Å². The van der Waals surface area contributed by atoms with Crippen LogP contribution >= 0.6 is 0 Å². The van der Waals surface area contributed by atoms with Crippen LogP contribution in [0.5, 0.6) is 17.4 Å². The minimum absolute atomic E-state index is 0.0270. The van der Waals surface area contributed by atoms with Crippen LogP contribution in [0.3, 0.4) is 0 Å². The first kappa shape index (κ1) is 29.2. The monoisotopic (exact) mass is 591 g/mol. The SMILES string of the molecule is CCN(C(=O)c1cc(F)ccc1Oc1nncnc1N1CCC(Oc2ccnc3c2C2COCCN2CC3)CC1)C(C)C. The molecule has 1 aromatic carbocycles. The summed E-state index contributed by atoms with van der Waals surface area (Å²) in [5.74, 6) is 0.945. The zero-order valence-corrected chi connectivity index (χ0v) is 24.9. The fourth-order valence-electron chi connectivity index (χ4n) is 6.24. The van der Waals surface area contributed by atoms with Gasteiger partial charge in [-0.2, -0.15) is 0 Å². The lowest BCUT2D eigenvalue weighted by molar-refractivity contribution is -0.0150. The van der Waals surface area contributed by atoms with Gasteiger partial charge >= 0.3 is 0 Å². The zero-order valence-electron chi connectivity index (χ0n) is 24.9. The Hall–Kier alpha value is -3.90. The van der Waals surface area contributed by atoms with Gasteiger partial charge in [-0.25, -0.2) is 9.37 Å². The number of fused-ring (bicyclic) bond motifs is 3. The van der Waals surface area contributed by atoms with Crippen LogP contribution in [0.2, 0.25) is 0 Å². The molecule has 2 saturated heterocycles. The summed E-state index contributed by atoms with van der Waals surface area (Å²) in [5, 5.41) is 8.12. The van der Waals surface area contributed by atoms with Gasteiger partial charge in [0.1, 0.15) is 29.7 Å². The molecule has 0 radical (unpaired) electrons. The van der Waals surface area contributed by atoms with Gasteiger partial charge in [-0.3, -0.25) is 14.7 Å². The molecule has 6 rings (SSSR count). The van der Waals surface area contributed by atoms with E-state index in [1.165, 1.54) is 24.5 Å². The summed E-state index contributed by atoms with van der Waals surface area (Å²) in [6, 6.07) is 6.01. The van der Waals surface area contributed by atoms with E-state index in [1.54, 1.807) is 4.90 Å². The van der Waals surface area contributed by atoms with Gasteiger partial charge in [0.15, 0.2) is 5.82 Å². The number of hydrogen-bond acceptors (Lipinski definition) is 10. The topological polar surface area (TPSA) is 106 Å². The normalized spacial score (nSPS) is 19.1. The molecule has 3 aliphatic rings. The number of nitrogens with zero attached hydrogens (tertiary/aromatic N) is 7. The van der Waals surface area contributed by atoms with Crippen molar-refractivity contribution in [2.75, 3.05) is 50.8 Å². The molecule has 0 spiro atoms. The van der Waals surface area contributed by atoms with Crippen LogP contribution in [0.15, 0.2) is 36.8 Å². The van der Waals surface area contributed by atoms with Crippen LogP contribution in [0.4, 0.5) is 10.2 Å². The van der Waals surface area contributed by atoms with Crippen LogP contribution in [0.25, 0.3) is 0 Å². The molecule has 3 aliphatic heterocycles. The molecule has 11 nitrogen and oxygen atoms in total. The number of pyridine rings is 1. The largest absolute Gasteiger partial charge is 0.490 e. The Morgan fingerprint density at radius 3 is 2.77 bits per heavy atom. The summed E-state index contributed by atoms with van der Waals surface area (Å²) >= 11 is 0. The third kappa shape index (κ3) is 6.12. The number of hydrogen-bond donors (Lipinski definition) is 0. The summed E-state index contributed by atoms with van der Waals surface area (Å²) < 4.78 is 32.8. The predicted molar refractivity (Wildman–Crippen MR) is 157 cm³/mol. The number of amides is 1. The Balaban J connectivity index is 1.16. The van der Waals surface area contributed by atoms with Crippen LogP contribution < -0.4 is 14.4 Å². The third-order valence-corrected chi connectivity index (χ3v) is 8.45. The molecule has 3 aromatic rings. The van der Waals surface area contributed by atoms with Gasteiger partial charge in [-0.15, -0.1) is 10.2 Å². The van der Waals surface area contributed by atoms with Crippen LogP contribution in [0, 0.1) is 5.82 Å². The van der Waals surface area contributed by atoms with E-state index in [9.17, 15) is 9.18 Å². The second kappa shape index (κ2) is 12.8. The van der Waals surface area contributed by atoms with Crippen molar-refractivity contribution in [1.29, 1.82) is 0 Å². The number of anilines is 1. The zero-order chi connectivity index (χ0) is 29.9. The Morgan fingerprint density at radius 1 is 1.14 bits per heavy atom. The van der Waals surface area contributed by atoms with Crippen LogP contribution in [-0.4, -0.2) is 94.0 Å². The fraction of sp³-hybridized carbons (Fsp3) is 0.516. The lowest BCUT2D eigenvalue weighted by Crippen LogP contribution is -2.44. The first-order valence-electron chi connectivity index (χ1n) is 15.1. The molecule has 0 saturated carbocycles. The summed E-state index contributed by atoms with van der Waals surface area (Å²) in [6.07, 6.45) is 5.70. The first-order chi connectivity index (χ1) is 20.9. The van der Waals surface area contributed by atoms with E-state index in [0.29, 0.717) is 32.1 Å². The average Bonchev–Trinajstić information content (AvgIpc) is 3.02. The molecule has 2 fully saturated rings.